The molecule has 0 aromatic heterocycles. The van der Waals surface area contributed by atoms with E-state index in [0.717, 1.165) is 32.1 Å². The van der Waals surface area contributed by atoms with Gasteiger partial charge in [0.2, 0.25) is 10.0 Å². The van der Waals surface area contributed by atoms with E-state index < -0.39 is 10.0 Å². The molecule has 0 amide bonds. The van der Waals surface area contributed by atoms with Gasteiger partial charge in [-0.05, 0) is 48.9 Å². The van der Waals surface area contributed by atoms with Crippen molar-refractivity contribution in [2.45, 2.75) is 50.0 Å². The van der Waals surface area contributed by atoms with Gasteiger partial charge in [0.15, 0.2) is 0 Å². The molecule has 0 saturated carbocycles. The van der Waals surface area contributed by atoms with Crippen LogP contribution in [-0.2, 0) is 10.0 Å². The minimum absolute atomic E-state index is 0.172. The van der Waals surface area contributed by atoms with Crippen molar-refractivity contribution in [1.82, 2.24) is 4.31 Å². The van der Waals surface area contributed by atoms with Gasteiger partial charge < -0.3 is 4.74 Å². The van der Waals surface area contributed by atoms with E-state index >= 15 is 0 Å². The van der Waals surface area contributed by atoms with Gasteiger partial charge in [0.1, 0.15) is 5.75 Å². The number of nitrogens with zero attached hydrogens (tertiary/aromatic N) is 1. The van der Waals surface area contributed by atoms with Gasteiger partial charge in [-0.25, -0.2) is 8.42 Å². The minimum atomic E-state index is -3.49. The first kappa shape index (κ1) is 17.4. The summed E-state index contributed by atoms with van der Waals surface area (Å²) in [6.45, 7) is 3.29. The van der Waals surface area contributed by atoms with Crippen LogP contribution in [0.25, 0.3) is 0 Å². The Balaban J connectivity index is 2.13. The summed E-state index contributed by atoms with van der Waals surface area (Å²) in [5.41, 5.74) is 0. The molecule has 1 fully saturated rings. The Kier molecular flexibility index (Phi) is 6.35. The molecule has 0 bridgehead atoms. The van der Waals surface area contributed by atoms with Gasteiger partial charge in [-0.15, -0.1) is 0 Å². The first-order valence-electron chi connectivity index (χ1n) is 7.79. The maximum Gasteiger partial charge on any atom is 0.243 e. The summed E-state index contributed by atoms with van der Waals surface area (Å²) in [6, 6.07) is 6.50. The van der Waals surface area contributed by atoms with Gasteiger partial charge in [0.05, 0.1) is 17.5 Å². The Morgan fingerprint density at radius 3 is 2.68 bits per heavy atom. The van der Waals surface area contributed by atoms with Gasteiger partial charge >= 0.3 is 0 Å². The SMILES string of the molecule is CCCCOc1ccc(S(=O)(=O)N2CCCC[C@@H]2C=S)cc1. The van der Waals surface area contributed by atoms with Crippen molar-refractivity contribution in [2.24, 2.45) is 0 Å². The highest BCUT2D eigenvalue weighted by Crippen LogP contribution is 2.26. The van der Waals surface area contributed by atoms with E-state index in [-0.39, 0.29) is 6.04 Å². The molecule has 0 N–H and O–H groups in total. The first-order chi connectivity index (χ1) is 10.6. The third kappa shape index (κ3) is 4.06. The number of sulfonamides is 1. The van der Waals surface area contributed by atoms with Crippen LogP contribution in [0, 0.1) is 0 Å². The first-order valence-corrected chi connectivity index (χ1v) is 9.70. The zero-order valence-electron chi connectivity index (χ0n) is 12.9. The summed E-state index contributed by atoms with van der Waals surface area (Å²) in [5.74, 6) is 0.706. The fraction of sp³-hybridized carbons (Fsp3) is 0.562. The van der Waals surface area contributed by atoms with Crippen molar-refractivity contribution in [2.75, 3.05) is 13.2 Å². The lowest BCUT2D eigenvalue weighted by atomic mass is 10.1. The lowest BCUT2D eigenvalue weighted by Crippen LogP contribution is -2.44. The summed E-state index contributed by atoms with van der Waals surface area (Å²) in [7, 11) is -3.49. The summed E-state index contributed by atoms with van der Waals surface area (Å²) >= 11 is 5.00. The van der Waals surface area contributed by atoms with Crippen molar-refractivity contribution in [3.05, 3.63) is 24.3 Å². The molecule has 0 unspecified atom stereocenters. The number of unbranched alkanes of at least 4 members (excludes halogenated alkanes) is 1. The largest absolute Gasteiger partial charge is 0.494 e. The number of piperidine rings is 1. The molecule has 1 heterocycles. The molecule has 6 heteroatoms. The molecule has 22 heavy (non-hydrogen) atoms. The molecule has 0 spiro atoms. The van der Waals surface area contributed by atoms with Crippen LogP contribution >= 0.6 is 12.2 Å². The topological polar surface area (TPSA) is 46.6 Å². The van der Waals surface area contributed by atoms with Crippen molar-refractivity contribution < 1.29 is 13.2 Å². The predicted octanol–water partition coefficient (Wildman–Crippen LogP) is 3.41. The number of benzene rings is 1. The molecule has 0 aliphatic carbocycles. The summed E-state index contributed by atoms with van der Waals surface area (Å²) in [6.07, 6.45) is 4.77. The number of rotatable bonds is 7. The fourth-order valence-corrected chi connectivity index (χ4v) is 4.55. The number of ether oxygens (including phenoxy) is 1. The van der Waals surface area contributed by atoms with E-state index in [1.165, 1.54) is 4.31 Å². The number of hydrogen-bond donors (Lipinski definition) is 0. The van der Waals surface area contributed by atoms with Crippen molar-refractivity contribution >= 4 is 27.6 Å². The van der Waals surface area contributed by atoms with Crippen LogP contribution in [0.4, 0.5) is 0 Å². The normalized spacial score (nSPS) is 19.8. The molecule has 2 rings (SSSR count). The number of thiocarbonyl (C=S) groups is 1. The highest BCUT2D eigenvalue weighted by Gasteiger charge is 2.32. The quantitative estimate of drug-likeness (QED) is 0.563. The average Bonchev–Trinajstić information content (AvgIpc) is 2.55. The van der Waals surface area contributed by atoms with Crippen LogP contribution in [0.1, 0.15) is 39.0 Å². The summed E-state index contributed by atoms with van der Waals surface area (Å²) < 4.78 is 32.6. The Morgan fingerprint density at radius 1 is 1.32 bits per heavy atom. The number of hydrogen-bond acceptors (Lipinski definition) is 4. The van der Waals surface area contributed by atoms with Gasteiger partial charge in [-0.3, -0.25) is 0 Å². The van der Waals surface area contributed by atoms with E-state index in [4.69, 9.17) is 17.0 Å². The van der Waals surface area contributed by atoms with Gasteiger partial charge in [0, 0.05) is 6.54 Å². The molecular weight excluding hydrogens is 318 g/mol. The average molecular weight is 341 g/mol. The van der Waals surface area contributed by atoms with Crippen LogP contribution in [0.15, 0.2) is 29.2 Å². The Labute approximate surface area is 138 Å². The van der Waals surface area contributed by atoms with Crippen LogP contribution in [-0.4, -0.2) is 37.3 Å². The second-order valence-electron chi connectivity index (χ2n) is 5.49. The molecule has 1 saturated heterocycles. The van der Waals surface area contributed by atoms with Crippen molar-refractivity contribution in [3.8, 4) is 5.75 Å². The molecule has 122 valence electrons. The molecule has 1 aliphatic rings. The van der Waals surface area contributed by atoms with Crippen molar-refractivity contribution in [3.63, 3.8) is 0 Å². The smallest absolute Gasteiger partial charge is 0.243 e. The second kappa shape index (κ2) is 8.04. The lowest BCUT2D eigenvalue weighted by molar-refractivity contribution is 0.308. The summed E-state index contributed by atoms with van der Waals surface area (Å²) in [4.78, 5) is 0.305. The molecule has 1 atom stereocenters. The molecule has 1 aromatic carbocycles. The fourth-order valence-electron chi connectivity index (χ4n) is 2.54. The highest BCUT2D eigenvalue weighted by atomic mass is 32.2. The van der Waals surface area contributed by atoms with Gasteiger partial charge in [-0.2, -0.15) is 4.31 Å². The Morgan fingerprint density at radius 2 is 2.05 bits per heavy atom. The Bertz CT molecular complexity index is 584. The van der Waals surface area contributed by atoms with Crippen LogP contribution in [0.5, 0.6) is 5.75 Å². The third-order valence-electron chi connectivity index (χ3n) is 3.85. The highest BCUT2D eigenvalue weighted by molar-refractivity contribution is 7.89. The molecule has 0 radical (unpaired) electrons. The van der Waals surface area contributed by atoms with Gasteiger partial charge in [-0.1, -0.05) is 32.0 Å². The molecular formula is C16H23NO3S2. The second-order valence-corrected chi connectivity index (χ2v) is 7.65. The monoisotopic (exact) mass is 341 g/mol. The Hall–Kier alpha value is -0.980. The van der Waals surface area contributed by atoms with Crippen LogP contribution in [0.3, 0.4) is 0 Å². The standard InChI is InChI=1S/C16H23NO3S2/c1-2-3-12-20-15-7-9-16(10-8-15)22(18,19)17-11-5-4-6-14(17)13-21/h7-10,13-14H,2-6,11-12H2,1H3/t14-/m1/s1. The van der Waals surface area contributed by atoms with E-state index in [1.54, 1.807) is 29.6 Å². The van der Waals surface area contributed by atoms with E-state index in [0.29, 0.717) is 23.8 Å². The van der Waals surface area contributed by atoms with Crippen LogP contribution in [0.2, 0.25) is 0 Å². The molecule has 1 aliphatic heterocycles. The van der Waals surface area contributed by atoms with Gasteiger partial charge in [0.25, 0.3) is 0 Å². The zero-order chi connectivity index (χ0) is 16.0. The van der Waals surface area contributed by atoms with E-state index in [1.807, 2.05) is 0 Å². The van der Waals surface area contributed by atoms with E-state index in [9.17, 15) is 8.42 Å². The van der Waals surface area contributed by atoms with Crippen LogP contribution < -0.4 is 4.74 Å². The minimum Gasteiger partial charge on any atom is -0.494 e. The lowest BCUT2D eigenvalue weighted by Gasteiger charge is -2.32. The zero-order valence-corrected chi connectivity index (χ0v) is 14.5. The maximum absolute atomic E-state index is 12.7. The van der Waals surface area contributed by atoms with Crippen molar-refractivity contribution in [1.29, 1.82) is 0 Å². The van der Waals surface area contributed by atoms with E-state index in [2.05, 4.69) is 6.92 Å². The molecule has 4 nitrogen and oxygen atoms in total. The summed E-state index contributed by atoms with van der Waals surface area (Å²) in [5, 5.41) is 1.57. The maximum atomic E-state index is 12.7. The predicted molar refractivity (Wildman–Crippen MR) is 92.0 cm³/mol. The molecule has 1 aromatic rings. The third-order valence-corrected chi connectivity index (χ3v) is 6.11.